The van der Waals surface area contributed by atoms with Crippen LogP contribution in [0.4, 0.5) is 5.69 Å². The maximum Gasteiger partial charge on any atom is 0.282 e. The number of para-hydroxylation sites is 2. The molecule has 0 unspecified atom stereocenters. The van der Waals surface area contributed by atoms with Crippen molar-refractivity contribution in [2.45, 2.75) is 19.3 Å². The van der Waals surface area contributed by atoms with Crippen molar-refractivity contribution in [3.05, 3.63) is 65.9 Å². The highest BCUT2D eigenvalue weighted by atomic mass is 16.5. The Bertz CT molecular complexity index is 899. The highest BCUT2D eigenvalue weighted by Crippen LogP contribution is 2.38. The third kappa shape index (κ3) is 2.99. The van der Waals surface area contributed by atoms with Crippen LogP contribution in [0.5, 0.6) is 5.75 Å². The summed E-state index contributed by atoms with van der Waals surface area (Å²) >= 11 is 0. The summed E-state index contributed by atoms with van der Waals surface area (Å²) in [5.41, 5.74) is 2.24. The maximum atomic E-state index is 13.4. The van der Waals surface area contributed by atoms with Crippen molar-refractivity contribution in [3.63, 3.8) is 0 Å². The Morgan fingerprint density at radius 2 is 1.48 bits per heavy atom. The number of benzene rings is 2. The van der Waals surface area contributed by atoms with Crippen LogP contribution in [0.25, 0.3) is 5.57 Å². The number of carbonyl (C=O) groups is 2. The van der Waals surface area contributed by atoms with Gasteiger partial charge in [-0.1, -0.05) is 42.5 Å². The lowest BCUT2D eigenvalue weighted by atomic mass is 10.0. The third-order valence-corrected chi connectivity index (χ3v) is 5.12. The SMILES string of the molecule is COc1ccccc1N1C(=O)C(c2ccccc2)=C(N2CCCCC2)C1=O. The monoisotopic (exact) mass is 362 g/mol. The van der Waals surface area contributed by atoms with Gasteiger partial charge in [-0.3, -0.25) is 9.59 Å². The Balaban J connectivity index is 1.84. The molecule has 0 aliphatic carbocycles. The summed E-state index contributed by atoms with van der Waals surface area (Å²) in [4.78, 5) is 30.1. The van der Waals surface area contributed by atoms with E-state index in [2.05, 4.69) is 4.90 Å². The summed E-state index contributed by atoms with van der Waals surface area (Å²) in [6, 6.07) is 16.6. The van der Waals surface area contributed by atoms with E-state index in [9.17, 15) is 9.59 Å². The average molecular weight is 362 g/mol. The highest BCUT2D eigenvalue weighted by molar-refractivity contribution is 6.45. The molecule has 2 aromatic rings. The first-order valence-corrected chi connectivity index (χ1v) is 9.29. The number of imide groups is 1. The number of likely N-dealkylation sites (tertiary alicyclic amines) is 1. The Morgan fingerprint density at radius 3 is 2.19 bits per heavy atom. The number of rotatable bonds is 4. The predicted octanol–water partition coefficient (Wildman–Crippen LogP) is 3.47. The second-order valence-electron chi connectivity index (χ2n) is 6.75. The van der Waals surface area contributed by atoms with Gasteiger partial charge in [0.2, 0.25) is 0 Å². The van der Waals surface area contributed by atoms with Gasteiger partial charge >= 0.3 is 0 Å². The van der Waals surface area contributed by atoms with Crippen molar-refractivity contribution in [3.8, 4) is 5.75 Å². The summed E-state index contributed by atoms with van der Waals surface area (Å²) in [5.74, 6) is -0.0620. The summed E-state index contributed by atoms with van der Waals surface area (Å²) in [7, 11) is 1.54. The Hall–Kier alpha value is -3.08. The summed E-state index contributed by atoms with van der Waals surface area (Å²) in [6.07, 6.45) is 3.21. The zero-order valence-corrected chi connectivity index (χ0v) is 15.4. The van der Waals surface area contributed by atoms with E-state index in [1.54, 1.807) is 25.3 Å². The molecular weight excluding hydrogens is 340 g/mol. The molecule has 1 fully saturated rings. The van der Waals surface area contributed by atoms with E-state index in [1.165, 1.54) is 4.90 Å². The molecule has 4 rings (SSSR count). The number of carbonyl (C=O) groups excluding carboxylic acids is 2. The fraction of sp³-hybridized carbons (Fsp3) is 0.273. The molecule has 138 valence electrons. The van der Waals surface area contributed by atoms with E-state index >= 15 is 0 Å². The van der Waals surface area contributed by atoms with Crippen LogP contribution in [0.15, 0.2) is 60.3 Å². The van der Waals surface area contributed by atoms with Gasteiger partial charge in [-0.05, 0) is 37.0 Å². The minimum Gasteiger partial charge on any atom is -0.495 e. The number of methoxy groups -OCH3 is 1. The summed E-state index contributed by atoms with van der Waals surface area (Å²) in [5, 5.41) is 0. The standard InChI is InChI=1S/C22H22N2O3/c1-27-18-13-7-6-12-17(18)24-21(25)19(16-10-4-2-5-11-16)20(22(24)26)23-14-8-3-9-15-23/h2,4-7,10-13H,3,8-9,14-15H2,1H3. The molecule has 2 amide bonds. The van der Waals surface area contributed by atoms with Gasteiger partial charge in [0.1, 0.15) is 11.4 Å². The molecule has 0 aromatic heterocycles. The molecule has 2 aliphatic heterocycles. The molecule has 5 nitrogen and oxygen atoms in total. The van der Waals surface area contributed by atoms with E-state index in [1.807, 2.05) is 36.4 Å². The fourth-order valence-electron chi connectivity index (χ4n) is 3.83. The fourth-order valence-corrected chi connectivity index (χ4v) is 3.83. The van der Waals surface area contributed by atoms with Crippen LogP contribution in [-0.4, -0.2) is 36.9 Å². The Kier molecular flexibility index (Phi) is 4.67. The minimum atomic E-state index is -0.295. The first-order valence-electron chi connectivity index (χ1n) is 9.29. The quantitative estimate of drug-likeness (QED) is 0.782. The Labute approximate surface area is 158 Å². The van der Waals surface area contributed by atoms with Gasteiger partial charge in [0.25, 0.3) is 11.8 Å². The maximum absolute atomic E-state index is 13.4. The molecule has 27 heavy (non-hydrogen) atoms. The molecular formula is C22H22N2O3. The molecule has 0 saturated carbocycles. The summed E-state index contributed by atoms with van der Waals surface area (Å²) < 4.78 is 5.40. The number of hydrogen-bond acceptors (Lipinski definition) is 4. The van der Waals surface area contributed by atoms with Gasteiger partial charge in [-0.15, -0.1) is 0 Å². The van der Waals surface area contributed by atoms with Crippen molar-refractivity contribution < 1.29 is 14.3 Å². The lowest BCUT2D eigenvalue weighted by Crippen LogP contribution is -2.37. The minimum absolute atomic E-state index is 0.273. The van der Waals surface area contributed by atoms with Crippen molar-refractivity contribution in [2.24, 2.45) is 0 Å². The van der Waals surface area contributed by atoms with Crippen molar-refractivity contribution in [1.29, 1.82) is 0 Å². The van der Waals surface area contributed by atoms with E-state index < -0.39 is 0 Å². The molecule has 2 aromatic carbocycles. The van der Waals surface area contributed by atoms with Gasteiger partial charge in [0.05, 0.1) is 18.4 Å². The van der Waals surface area contributed by atoms with Crippen LogP contribution in [0.1, 0.15) is 24.8 Å². The molecule has 5 heteroatoms. The van der Waals surface area contributed by atoms with E-state index in [0.717, 1.165) is 37.9 Å². The molecule has 0 atom stereocenters. The lowest BCUT2D eigenvalue weighted by Gasteiger charge is -2.29. The molecule has 0 N–H and O–H groups in total. The average Bonchev–Trinajstić information content (AvgIpc) is 2.99. The first kappa shape index (κ1) is 17.3. The zero-order valence-electron chi connectivity index (χ0n) is 15.4. The number of ether oxygens (including phenoxy) is 1. The van der Waals surface area contributed by atoms with E-state index in [0.29, 0.717) is 22.7 Å². The van der Waals surface area contributed by atoms with Crippen LogP contribution in [0.3, 0.4) is 0 Å². The zero-order chi connectivity index (χ0) is 18.8. The number of nitrogens with zero attached hydrogens (tertiary/aromatic N) is 2. The smallest absolute Gasteiger partial charge is 0.282 e. The highest BCUT2D eigenvalue weighted by Gasteiger charge is 2.43. The normalized spacial score (nSPS) is 17.7. The molecule has 2 heterocycles. The lowest BCUT2D eigenvalue weighted by molar-refractivity contribution is -0.120. The van der Waals surface area contributed by atoms with Crippen molar-refractivity contribution in [1.82, 2.24) is 4.90 Å². The first-order chi connectivity index (χ1) is 13.2. The third-order valence-electron chi connectivity index (χ3n) is 5.12. The van der Waals surface area contributed by atoms with Gasteiger partial charge < -0.3 is 9.64 Å². The number of piperidine rings is 1. The van der Waals surface area contributed by atoms with E-state index in [4.69, 9.17) is 4.74 Å². The second kappa shape index (κ2) is 7.27. The number of hydrogen-bond donors (Lipinski definition) is 0. The van der Waals surface area contributed by atoms with E-state index in [-0.39, 0.29) is 11.8 Å². The molecule has 0 radical (unpaired) electrons. The predicted molar refractivity (Wildman–Crippen MR) is 104 cm³/mol. The van der Waals surface area contributed by atoms with Gasteiger partial charge in [0.15, 0.2) is 0 Å². The van der Waals surface area contributed by atoms with Crippen LogP contribution >= 0.6 is 0 Å². The second-order valence-corrected chi connectivity index (χ2v) is 6.75. The number of anilines is 1. The molecule has 0 bridgehead atoms. The number of amides is 2. The van der Waals surface area contributed by atoms with Gasteiger partial charge in [0, 0.05) is 13.1 Å². The van der Waals surface area contributed by atoms with Crippen LogP contribution in [-0.2, 0) is 9.59 Å². The van der Waals surface area contributed by atoms with Crippen molar-refractivity contribution >= 4 is 23.1 Å². The van der Waals surface area contributed by atoms with Crippen molar-refractivity contribution in [2.75, 3.05) is 25.1 Å². The van der Waals surface area contributed by atoms with Crippen LogP contribution < -0.4 is 9.64 Å². The van der Waals surface area contributed by atoms with Gasteiger partial charge in [-0.2, -0.15) is 0 Å². The van der Waals surface area contributed by atoms with Crippen LogP contribution in [0, 0.1) is 0 Å². The van der Waals surface area contributed by atoms with Gasteiger partial charge in [-0.25, -0.2) is 4.90 Å². The molecule has 0 spiro atoms. The topological polar surface area (TPSA) is 49.9 Å². The Morgan fingerprint density at radius 1 is 0.815 bits per heavy atom. The molecule has 1 saturated heterocycles. The summed E-state index contributed by atoms with van der Waals surface area (Å²) in [6.45, 7) is 1.59. The van der Waals surface area contributed by atoms with Crippen LogP contribution in [0.2, 0.25) is 0 Å². The largest absolute Gasteiger partial charge is 0.495 e. The molecule has 2 aliphatic rings.